The topological polar surface area (TPSA) is 20.3 Å². The van der Waals surface area contributed by atoms with Gasteiger partial charge < -0.3 is 4.90 Å². The second kappa shape index (κ2) is 5.94. The van der Waals surface area contributed by atoms with Crippen molar-refractivity contribution < 1.29 is 9.18 Å². The number of piperidine rings is 1. The van der Waals surface area contributed by atoms with Gasteiger partial charge >= 0.3 is 0 Å². The molecule has 0 radical (unpaired) electrons. The number of fused-ring (bicyclic) bond motifs is 1. The number of amides is 1. The third-order valence-electron chi connectivity index (χ3n) is 4.86. The van der Waals surface area contributed by atoms with E-state index in [9.17, 15) is 9.18 Å². The minimum absolute atomic E-state index is 0.103. The van der Waals surface area contributed by atoms with E-state index in [4.69, 9.17) is 0 Å². The maximum absolute atomic E-state index is 13.7. The molecule has 20 heavy (non-hydrogen) atoms. The highest BCUT2D eigenvalue weighted by Gasteiger charge is 2.35. The Hall–Kier alpha value is -1.38. The van der Waals surface area contributed by atoms with Crippen LogP contribution in [0.2, 0.25) is 0 Å². The first kappa shape index (κ1) is 13.6. The van der Waals surface area contributed by atoms with Crippen LogP contribution in [0, 0.1) is 11.7 Å². The number of likely N-dealkylation sites (tertiary alicyclic amines) is 1. The molecular weight excluding hydrogens is 253 g/mol. The van der Waals surface area contributed by atoms with E-state index in [0.717, 1.165) is 19.4 Å². The zero-order valence-electron chi connectivity index (χ0n) is 11.9. The fraction of sp³-hybridized carbons (Fsp3) is 0.588. The molecular formula is C17H22FNO. The van der Waals surface area contributed by atoms with Gasteiger partial charge in [0.1, 0.15) is 5.82 Å². The largest absolute Gasteiger partial charge is 0.339 e. The first-order valence-electron chi connectivity index (χ1n) is 7.78. The average molecular weight is 275 g/mol. The van der Waals surface area contributed by atoms with Crippen LogP contribution in [0.25, 0.3) is 0 Å². The summed E-state index contributed by atoms with van der Waals surface area (Å²) in [4.78, 5) is 14.6. The number of halogens is 1. The van der Waals surface area contributed by atoms with E-state index < -0.39 is 0 Å². The summed E-state index contributed by atoms with van der Waals surface area (Å²) in [6.07, 6.45) is 7.48. The van der Waals surface area contributed by atoms with Crippen molar-refractivity contribution in [3.8, 4) is 0 Å². The molecule has 1 aliphatic carbocycles. The molecule has 2 fully saturated rings. The number of benzene rings is 1. The molecule has 1 aliphatic heterocycles. The van der Waals surface area contributed by atoms with E-state index in [1.54, 1.807) is 18.2 Å². The molecule has 3 heteroatoms. The van der Waals surface area contributed by atoms with Crippen LogP contribution >= 0.6 is 0 Å². The summed E-state index contributed by atoms with van der Waals surface area (Å²) in [5, 5.41) is 0. The number of carbonyl (C=O) groups excluding carboxylic acids is 1. The van der Waals surface area contributed by atoms with Gasteiger partial charge in [-0.1, -0.05) is 31.0 Å². The fourth-order valence-corrected chi connectivity index (χ4v) is 3.84. The lowest BCUT2D eigenvalue weighted by Crippen LogP contribution is -2.50. The molecule has 108 valence electrons. The molecule has 0 bridgehead atoms. The summed E-state index contributed by atoms with van der Waals surface area (Å²) in [7, 11) is 0. The van der Waals surface area contributed by atoms with Crippen LogP contribution in [0.3, 0.4) is 0 Å². The molecule has 0 aromatic heterocycles. The maximum Gasteiger partial charge on any atom is 0.227 e. The van der Waals surface area contributed by atoms with E-state index in [2.05, 4.69) is 0 Å². The summed E-state index contributed by atoms with van der Waals surface area (Å²) in [6, 6.07) is 7.03. The van der Waals surface area contributed by atoms with Crippen LogP contribution in [0.15, 0.2) is 24.3 Å². The summed E-state index contributed by atoms with van der Waals surface area (Å²) in [5.41, 5.74) is 0.524. The predicted molar refractivity (Wildman–Crippen MR) is 76.8 cm³/mol. The van der Waals surface area contributed by atoms with Crippen LogP contribution in [0.5, 0.6) is 0 Å². The van der Waals surface area contributed by atoms with Crippen LogP contribution in [-0.2, 0) is 11.2 Å². The fourth-order valence-electron chi connectivity index (χ4n) is 3.84. The van der Waals surface area contributed by atoms with Gasteiger partial charge in [0.2, 0.25) is 5.91 Å². The minimum atomic E-state index is -0.266. The van der Waals surface area contributed by atoms with Gasteiger partial charge in [0.05, 0.1) is 6.42 Å². The van der Waals surface area contributed by atoms with E-state index in [1.165, 1.54) is 31.7 Å². The van der Waals surface area contributed by atoms with E-state index in [1.807, 2.05) is 4.90 Å². The Morgan fingerprint density at radius 3 is 2.75 bits per heavy atom. The second-order valence-corrected chi connectivity index (χ2v) is 6.11. The lowest BCUT2D eigenvalue weighted by atomic mass is 9.78. The van der Waals surface area contributed by atoms with Crippen LogP contribution in [0.1, 0.15) is 44.1 Å². The Bertz CT molecular complexity index is 486. The Balaban J connectivity index is 1.71. The lowest BCUT2D eigenvalue weighted by molar-refractivity contribution is -0.136. The second-order valence-electron chi connectivity index (χ2n) is 6.11. The molecule has 1 heterocycles. The molecule has 2 unspecified atom stereocenters. The number of nitrogens with zero attached hydrogens (tertiary/aromatic N) is 1. The molecule has 1 amide bonds. The summed E-state index contributed by atoms with van der Waals surface area (Å²) in [5.74, 6) is 0.520. The van der Waals surface area contributed by atoms with Gasteiger partial charge in [-0.05, 0) is 43.2 Å². The highest BCUT2D eigenvalue weighted by molar-refractivity contribution is 5.79. The average Bonchev–Trinajstić information content (AvgIpc) is 2.49. The Morgan fingerprint density at radius 1 is 1.15 bits per heavy atom. The standard InChI is InChI=1S/C17H22FNO/c18-15-9-3-1-7-14(15)12-17(20)19-11-5-8-13-6-2-4-10-16(13)19/h1,3,7,9,13,16H,2,4-6,8,10-12H2. The van der Waals surface area contributed by atoms with Crippen molar-refractivity contribution >= 4 is 5.91 Å². The SMILES string of the molecule is O=C(Cc1ccccc1F)N1CCCC2CCCCC21. The molecule has 1 saturated heterocycles. The van der Waals surface area contributed by atoms with Gasteiger partial charge in [-0.3, -0.25) is 4.79 Å². The van der Waals surface area contributed by atoms with E-state index in [0.29, 0.717) is 17.5 Å². The van der Waals surface area contributed by atoms with E-state index in [-0.39, 0.29) is 18.1 Å². The monoisotopic (exact) mass is 275 g/mol. The first-order valence-corrected chi connectivity index (χ1v) is 7.78. The third-order valence-corrected chi connectivity index (χ3v) is 4.86. The van der Waals surface area contributed by atoms with Crippen molar-refractivity contribution in [3.63, 3.8) is 0 Å². The molecule has 1 aromatic rings. The van der Waals surface area contributed by atoms with Gasteiger partial charge in [0.15, 0.2) is 0 Å². The number of hydrogen-bond acceptors (Lipinski definition) is 1. The Labute approximate surface area is 120 Å². The van der Waals surface area contributed by atoms with Gasteiger partial charge in [0, 0.05) is 12.6 Å². The maximum atomic E-state index is 13.7. The molecule has 2 nitrogen and oxygen atoms in total. The molecule has 0 spiro atoms. The molecule has 0 N–H and O–H groups in total. The molecule has 2 atom stereocenters. The third kappa shape index (κ3) is 2.72. The number of rotatable bonds is 2. The molecule has 1 saturated carbocycles. The van der Waals surface area contributed by atoms with Gasteiger partial charge in [-0.2, -0.15) is 0 Å². The van der Waals surface area contributed by atoms with Crippen molar-refractivity contribution in [3.05, 3.63) is 35.6 Å². The van der Waals surface area contributed by atoms with Crippen LogP contribution < -0.4 is 0 Å². The van der Waals surface area contributed by atoms with Crippen LogP contribution in [-0.4, -0.2) is 23.4 Å². The number of carbonyl (C=O) groups is 1. The van der Waals surface area contributed by atoms with Crippen molar-refractivity contribution in [2.24, 2.45) is 5.92 Å². The van der Waals surface area contributed by atoms with Gasteiger partial charge in [-0.15, -0.1) is 0 Å². The van der Waals surface area contributed by atoms with Crippen molar-refractivity contribution in [2.75, 3.05) is 6.54 Å². The first-order chi connectivity index (χ1) is 9.75. The lowest BCUT2D eigenvalue weighted by Gasteiger charge is -2.44. The minimum Gasteiger partial charge on any atom is -0.339 e. The summed E-state index contributed by atoms with van der Waals surface area (Å²) < 4.78 is 13.7. The molecule has 2 aliphatic rings. The molecule has 1 aromatic carbocycles. The number of hydrogen-bond donors (Lipinski definition) is 0. The highest BCUT2D eigenvalue weighted by atomic mass is 19.1. The van der Waals surface area contributed by atoms with Crippen LogP contribution in [0.4, 0.5) is 4.39 Å². The van der Waals surface area contributed by atoms with Crippen molar-refractivity contribution in [2.45, 2.75) is 51.0 Å². The van der Waals surface area contributed by atoms with Gasteiger partial charge in [0.25, 0.3) is 0 Å². The highest BCUT2D eigenvalue weighted by Crippen LogP contribution is 2.35. The predicted octanol–water partition coefficient (Wildman–Crippen LogP) is 3.55. The smallest absolute Gasteiger partial charge is 0.227 e. The van der Waals surface area contributed by atoms with Gasteiger partial charge in [-0.25, -0.2) is 4.39 Å². The summed E-state index contributed by atoms with van der Waals surface area (Å²) in [6.45, 7) is 0.856. The van der Waals surface area contributed by atoms with E-state index >= 15 is 0 Å². The Kier molecular flexibility index (Phi) is 4.04. The zero-order valence-corrected chi connectivity index (χ0v) is 11.9. The molecule has 3 rings (SSSR count). The summed E-state index contributed by atoms with van der Waals surface area (Å²) >= 11 is 0. The zero-order chi connectivity index (χ0) is 13.9. The van der Waals surface area contributed by atoms with Crippen molar-refractivity contribution in [1.29, 1.82) is 0 Å². The Morgan fingerprint density at radius 2 is 1.90 bits per heavy atom. The normalized spacial score (nSPS) is 26.1. The quantitative estimate of drug-likeness (QED) is 0.808. The van der Waals surface area contributed by atoms with Crippen molar-refractivity contribution in [1.82, 2.24) is 4.90 Å².